The van der Waals surface area contributed by atoms with Crippen molar-refractivity contribution in [2.75, 3.05) is 11.1 Å². The van der Waals surface area contributed by atoms with Crippen LogP contribution in [0, 0.1) is 13.8 Å². The van der Waals surface area contributed by atoms with E-state index in [4.69, 9.17) is 10.8 Å². The summed E-state index contributed by atoms with van der Waals surface area (Å²) in [6, 6.07) is 4.62. The molecule has 0 saturated carbocycles. The summed E-state index contributed by atoms with van der Waals surface area (Å²) >= 11 is 0. The summed E-state index contributed by atoms with van der Waals surface area (Å²) < 4.78 is 1.82. The molecular formula is C14H18N4O2. The lowest BCUT2D eigenvalue weighted by atomic mass is 10.1. The topological polar surface area (TPSA) is 93.2 Å². The summed E-state index contributed by atoms with van der Waals surface area (Å²) in [5.74, 6) is -0.971. The van der Waals surface area contributed by atoms with Crippen molar-refractivity contribution in [3.8, 4) is 0 Å². The number of nitrogens with one attached hydrogen (secondary N) is 1. The Labute approximate surface area is 117 Å². The first kappa shape index (κ1) is 13.9. The number of anilines is 2. The van der Waals surface area contributed by atoms with E-state index >= 15 is 0 Å². The first-order valence-electron chi connectivity index (χ1n) is 6.26. The third-order valence-electron chi connectivity index (χ3n) is 3.41. The van der Waals surface area contributed by atoms with Gasteiger partial charge in [0, 0.05) is 24.8 Å². The summed E-state index contributed by atoms with van der Waals surface area (Å²) in [7, 11) is 1.89. The fourth-order valence-electron chi connectivity index (χ4n) is 2.10. The van der Waals surface area contributed by atoms with Crippen molar-refractivity contribution in [2.24, 2.45) is 7.05 Å². The molecule has 6 heteroatoms. The minimum absolute atomic E-state index is 0.210. The molecule has 106 valence electrons. The van der Waals surface area contributed by atoms with Crippen LogP contribution in [-0.2, 0) is 13.6 Å². The first-order valence-corrected chi connectivity index (χ1v) is 6.26. The molecule has 0 bridgehead atoms. The molecule has 1 aromatic carbocycles. The molecule has 0 spiro atoms. The number of nitrogen functional groups attached to an aromatic ring is 1. The Morgan fingerprint density at radius 1 is 1.45 bits per heavy atom. The second-order valence-electron chi connectivity index (χ2n) is 4.73. The van der Waals surface area contributed by atoms with Crippen LogP contribution in [0.15, 0.2) is 18.2 Å². The number of hydrogen-bond acceptors (Lipinski definition) is 4. The Balaban J connectivity index is 2.22. The predicted octanol–water partition coefficient (Wildman–Crippen LogP) is 1.93. The summed E-state index contributed by atoms with van der Waals surface area (Å²) in [5.41, 5.74) is 10.3. The van der Waals surface area contributed by atoms with E-state index in [-0.39, 0.29) is 5.56 Å². The Bertz CT molecular complexity index is 661. The number of benzene rings is 1. The molecule has 1 aromatic heterocycles. The number of carbonyl (C=O) groups is 1. The zero-order chi connectivity index (χ0) is 14.9. The largest absolute Gasteiger partial charge is 0.478 e. The number of carboxylic acid groups (broad SMARTS) is 1. The Hall–Kier alpha value is -2.50. The van der Waals surface area contributed by atoms with Crippen molar-refractivity contribution < 1.29 is 9.90 Å². The van der Waals surface area contributed by atoms with Gasteiger partial charge < -0.3 is 16.2 Å². The van der Waals surface area contributed by atoms with Gasteiger partial charge in [-0.25, -0.2) is 4.79 Å². The maximum Gasteiger partial charge on any atom is 0.335 e. The van der Waals surface area contributed by atoms with E-state index in [0.717, 1.165) is 17.0 Å². The molecule has 0 aliphatic carbocycles. The highest BCUT2D eigenvalue weighted by Crippen LogP contribution is 2.22. The quantitative estimate of drug-likeness (QED) is 0.741. The average molecular weight is 274 g/mol. The number of carboxylic acids is 1. The SMILES string of the molecule is Cc1nn(C)c(C)c1CNc1cc(C(=O)O)ccc1N. The van der Waals surface area contributed by atoms with Crippen LogP contribution in [-0.4, -0.2) is 20.9 Å². The molecule has 4 N–H and O–H groups in total. The van der Waals surface area contributed by atoms with Crippen LogP contribution in [0.1, 0.15) is 27.3 Å². The minimum atomic E-state index is -0.971. The molecule has 0 unspecified atom stereocenters. The first-order chi connectivity index (χ1) is 9.40. The van der Waals surface area contributed by atoms with Gasteiger partial charge in [0.15, 0.2) is 0 Å². The van der Waals surface area contributed by atoms with Gasteiger partial charge in [0.2, 0.25) is 0 Å². The fraction of sp³-hybridized carbons (Fsp3) is 0.286. The monoisotopic (exact) mass is 274 g/mol. The molecule has 0 radical (unpaired) electrons. The zero-order valence-electron chi connectivity index (χ0n) is 11.8. The fourth-order valence-corrected chi connectivity index (χ4v) is 2.10. The van der Waals surface area contributed by atoms with Gasteiger partial charge in [-0.2, -0.15) is 5.10 Å². The average Bonchev–Trinajstić information content (AvgIpc) is 2.63. The van der Waals surface area contributed by atoms with Crippen LogP contribution >= 0.6 is 0 Å². The van der Waals surface area contributed by atoms with Crippen molar-refractivity contribution in [3.05, 3.63) is 40.7 Å². The third-order valence-corrected chi connectivity index (χ3v) is 3.41. The van der Waals surface area contributed by atoms with E-state index in [9.17, 15) is 4.79 Å². The van der Waals surface area contributed by atoms with E-state index < -0.39 is 5.97 Å². The summed E-state index contributed by atoms with van der Waals surface area (Å²) in [4.78, 5) is 11.0. The molecule has 2 rings (SSSR count). The second kappa shape index (κ2) is 5.24. The summed E-state index contributed by atoms with van der Waals surface area (Å²) in [5, 5.41) is 16.5. The Morgan fingerprint density at radius 3 is 2.70 bits per heavy atom. The van der Waals surface area contributed by atoms with Gasteiger partial charge in [-0.1, -0.05) is 0 Å². The van der Waals surface area contributed by atoms with Crippen LogP contribution in [0.2, 0.25) is 0 Å². The van der Waals surface area contributed by atoms with Crippen LogP contribution < -0.4 is 11.1 Å². The van der Waals surface area contributed by atoms with Crippen molar-refractivity contribution in [1.29, 1.82) is 0 Å². The van der Waals surface area contributed by atoms with E-state index in [1.165, 1.54) is 6.07 Å². The summed E-state index contributed by atoms with van der Waals surface area (Å²) in [6.07, 6.45) is 0. The molecule has 20 heavy (non-hydrogen) atoms. The number of aromatic carboxylic acids is 1. The highest BCUT2D eigenvalue weighted by molar-refractivity contribution is 5.90. The zero-order valence-corrected chi connectivity index (χ0v) is 11.8. The van der Waals surface area contributed by atoms with Crippen LogP contribution in [0.4, 0.5) is 11.4 Å². The molecule has 1 heterocycles. The van der Waals surface area contributed by atoms with Gasteiger partial charge in [0.05, 0.1) is 22.6 Å². The van der Waals surface area contributed by atoms with Crippen molar-refractivity contribution in [3.63, 3.8) is 0 Å². The summed E-state index contributed by atoms with van der Waals surface area (Å²) in [6.45, 7) is 4.49. The molecule has 0 fully saturated rings. The van der Waals surface area contributed by atoms with Gasteiger partial charge in [0.25, 0.3) is 0 Å². The predicted molar refractivity (Wildman–Crippen MR) is 77.8 cm³/mol. The number of nitrogens with zero attached hydrogens (tertiary/aromatic N) is 2. The number of nitrogens with two attached hydrogens (primary N) is 1. The lowest BCUT2D eigenvalue weighted by molar-refractivity contribution is 0.0697. The van der Waals surface area contributed by atoms with E-state index in [1.54, 1.807) is 12.1 Å². The van der Waals surface area contributed by atoms with Crippen LogP contribution in [0.5, 0.6) is 0 Å². The number of aromatic nitrogens is 2. The number of rotatable bonds is 4. The molecule has 0 aliphatic heterocycles. The number of aryl methyl sites for hydroxylation is 2. The highest BCUT2D eigenvalue weighted by Gasteiger charge is 2.11. The van der Waals surface area contributed by atoms with Crippen molar-refractivity contribution in [1.82, 2.24) is 9.78 Å². The highest BCUT2D eigenvalue weighted by atomic mass is 16.4. The van der Waals surface area contributed by atoms with Crippen molar-refractivity contribution in [2.45, 2.75) is 20.4 Å². The Kier molecular flexibility index (Phi) is 3.65. The smallest absolute Gasteiger partial charge is 0.335 e. The molecular weight excluding hydrogens is 256 g/mol. The molecule has 0 atom stereocenters. The number of hydrogen-bond donors (Lipinski definition) is 3. The van der Waals surface area contributed by atoms with Crippen LogP contribution in [0.3, 0.4) is 0 Å². The normalized spacial score (nSPS) is 10.6. The van der Waals surface area contributed by atoms with Gasteiger partial charge in [-0.05, 0) is 32.0 Å². The van der Waals surface area contributed by atoms with Crippen molar-refractivity contribution >= 4 is 17.3 Å². The lowest BCUT2D eigenvalue weighted by Crippen LogP contribution is -2.06. The minimum Gasteiger partial charge on any atom is -0.478 e. The lowest BCUT2D eigenvalue weighted by Gasteiger charge is -2.10. The van der Waals surface area contributed by atoms with Gasteiger partial charge in [0.1, 0.15) is 0 Å². The molecule has 0 amide bonds. The van der Waals surface area contributed by atoms with Gasteiger partial charge in [-0.3, -0.25) is 4.68 Å². The van der Waals surface area contributed by atoms with E-state index in [2.05, 4.69) is 10.4 Å². The molecule has 2 aromatic rings. The van der Waals surface area contributed by atoms with Gasteiger partial charge in [-0.15, -0.1) is 0 Å². The molecule has 6 nitrogen and oxygen atoms in total. The van der Waals surface area contributed by atoms with E-state index in [1.807, 2.05) is 25.6 Å². The Morgan fingerprint density at radius 2 is 2.15 bits per heavy atom. The standard InChI is InChI=1S/C14H18N4O2/c1-8-11(9(2)18(3)17-8)7-16-13-6-10(14(19)20)4-5-12(13)15/h4-6,16H,7,15H2,1-3H3,(H,19,20). The second-order valence-corrected chi connectivity index (χ2v) is 4.73. The van der Waals surface area contributed by atoms with Crippen LogP contribution in [0.25, 0.3) is 0 Å². The third kappa shape index (κ3) is 2.59. The molecule has 0 aliphatic rings. The maximum absolute atomic E-state index is 11.0. The van der Waals surface area contributed by atoms with Gasteiger partial charge >= 0.3 is 5.97 Å². The molecule has 0 saturated heterocycles. The van der Waals surface area contributed by atoms with E-state index in [0.29, 0.717) is 17.9 Å². The maximum atomic E-state index is 11.0.